The van der Waals surface area contributed by atoms with Crippen LogP contribution >= 0.6 is 34.9 Å². The Hall–Kier alpha value is -2.49. The Morgan fingerprint density at radius 2 is 1.80 bits per heavy atom. The van der Waals surface area contributed by atoms with E-state index in [-0.39, 0.29) is 11.8 Å². The minimum absolute atomic E-state index is 0.178. The molecule has 2 aromatic heterocycles. The van der Waals surface area contributed by atoms with Crippen molar-refractivity contribution in [1.82, 2.24) is 9.88 Å². The molecule has 4 N–H and O–H groups in total. The highest BCUT2D eigenvalue weighted by atomic mass is 32.1. The number of nitrogen functional groups attached to an aromatic ring is 1. The summed E-state index contributed by atoms with van der Waals surface area (Å²) in [5.41, 5.74) is 9.89. The quantitative estimate of drug-likeness (QED) is 0.494. The molecule has 30 heavy (non-hydrogen) atoms. The fourth-order valence-electron chi connectivity index (χ4n) is 3.67. The Balaban J connectivity index is 1.70. The summed E-state index contributed by atoms with van der Waals surface area (Å²) in [6, 6.07) is 7.79. The smallest absolute Gasteiger partial charge is 0.270 e. The number of nitrogens with two attached hydrogens (primary N) is 1. The summed E-state index contributed by atoms with van der Waals surface area (Å²) in [6.45, 7) is 2.00. The number of amides is 2. The lowest BCUT2D eigenvalue weighted by atomic mass is 9.95. The van der Waals surface area contributed by atoms with Gasteiger partial charge in [-0.2, -0.15) is 0 Å². The van der Waals surface area contributed by atoms with Gasteiger partial charge in [0.25, 0.3) is 11.8 Å². The van der Waals surface area contributed by atoms with Gasteiger partial charge in [-0.15, -0.1) is 11.3 Å². The maximum absolute atomic E-state index is 13.1. The van der Waals surface area contributed by atoms with E-state index in [4.69, 9.17) is 18.0 Å². The highest BCUT2D eigenvalue weighted by Gasteiger charge is 2.27. The first-order valence-corrected chi connectivity index (χ1v) is 11.7. The number of aromatic nitrogens is 1. The molecule has 0 saturated heterocycles. The number of aryl methyl sites for hydroxylation is 2. The van der Waals surface area contributed by atoms with Crippen molar-refractivity contribution in [2.75, 3.05) is 18.1 Å². The first-order chi connectivity index (χ1) is 14.4. The lowest BCUT2D eigenvalue weighted by molar-refractivity contribution is 0.0963. The van der Waals surface area contributed by atoms with Crippen LogP contribution in [0.15, 0.2) is 24.3 Å². The number of rotatable bonds is 4. The van der Waals surface area contributed by atoms with Crippen LogP contribution < -0.4 is 16.4 Å². The van der Waals surface area contributed by atoms with E-state index in [1.165, 1.54) is 27.6 Å². The topological polar surface area (TPSA) is 89.2 Å². The lowest BCUT2D eigenvalue weighted by Crippen LogP contribution is -2.22. The van der Waals surface area contributed by atoms with Crippen molar-refractivity contribution < 1.29 is 9.59 Å². The molecule has 1 aliphatic rings. The summed E-state index contributed by atoms with van der Waals surface area (Å²) in [5.74, 6) is -0.227. The maximum atomic E-state index is 13.1. The Labute approximate surface area is 187 Å². The molecular formula is C21H22N4O2S3. The summed E-state index contributed by atoms with van der Waals surface area (Å²) in [5, 5.41) is 6.20. The van der Waals surface area contributed by atoms with Gasteiger partial charge < -0.3 is 16.4 Å². The zero-order chi connectivity index (χ0) is 21.4. The standard InChI is InChI=1S/C21H22N4O2S3/c1-11-7-9-12(10-8-11)25-17(22)16(30-21(25)28)19(27)24-20-15(18(26)23-2)13-5-3-4-6-14(13)29-20/h7-10H,3-6,22H2,1-2H3,(H,23,26)(H,24,27). The van der Waals surface area contributed by atoms with Crippen LogP contribution in [0.4, 0.5) is 10.8 Å². The predicted octanol–water partition coefficient (Wildman–Crippen LogP) is 4.71. The Morgan fingerprint density at radius 1 is 1.10 bits per heavy atom. The van der Waals surface area contributed by atoms with Gasteiger partial charge in [-0.1, -0.05) is 29.0 Å². The largest absolute Gasteiger partial charge is 0.383 e. The van der Waals surface area contributed by atoms with Crippen LogP contribution in [0, 0.1) is 10.9 Å². The molecule has 9 heteroatoms. The monoisotopic (exact) mass is 458 g/mol. The maximum Gasteiger partial charge on any atom is 0.270 e. The molecule has 156 valence electrons. The molecule has 3 aromatic rings. The van der Waals surface area contributed by atoms with Crippen LogP contribution in [0.2, 0.25) is 0 Å². The molecule has 0 unspecified atom stereocenters. The summed E-state index contributed by atoms with van der Waals surface area (Å²) >= 11 is 8.12. The van der Waals surface area contributed by atoms with Gasteiger partial charge >= 0.3 is 0 Å². The van der Waals surface area contributed by atoms with Crippen molar-refractivity contribution in [3.05, 3.63) is 54.7 Å². The van der Waals surface area contributed by atoms with Crippen molar-refractivity contribution in [1.29, 1.82) is 0 Å². The summed E-state index contributed by atoms with van der Waals surface area (Å²) in [4.78, 5) is 27.1. The molecule has 0 spiro atoms. The number of anilines is 2. The Morgan fingerprint density at radius 3 is 2.50 bits per heavy atom. The van der Waals surface area contributed by atoms with E-state index in [1.807, 2.05) is 31.2 Å². The minimum Gasteiger partial charge on any atom is -0.383 e. The molecule has 0 saturated carbocycles. The molecule has 6 nitrogen and oxygen atoms in total. The molecule has 0 aliphatic heterocycles. The van der Waals surface area contributed by atoms with E-state index in [0.29, 0.717) is 25.2 Å². The van der Waals surface area contributed by atoms with Gasteiger partial charge in [0.05, 0.1) is 5.56 Å². The molecular weight excluding hydrogens is 436 g/mol. The number of carbonyl (C=O) groups excluding carboxylic acids is 2. The third kappa shape index (κ3) is 3.68. The molecule has 0 radical (unpaired) electrons. The van der Waals surface area contributed by atoms with E-state index in [2.05, 4.69) is 10.6 Å². The fraction of sp³-hybridized carbons (Fsp3) is 0.286. The predicted molar refractivity (Wildman–Crippen MR) is 126 cm³/mol. The average molecular weight is 459 g/mol. The van der Waals surface area contributed by atoms with E-state index in [1.54, 1.807) is 11.6 Å². The molecule has 2 amide bonds. The zero-order valence-corrected chi connectivity index (χ0v) is 19.2. The molecule has 4 rings (SSSR count). The summed E-state index contributed by atoms with van der Waals surface area (Å²) in [6.07, 6.45) is 3.94. The third-order valence-electron chi connectivity index (χ3n) is 5.20. The number of fused-ring (bicyclic) bond motifs is 1. The van der Waals surface area contributed by atoms with Crippen LogP contribution in [-0.2, 0) is 12.8 Å². The van der Waals surface area contributed by atoms with Crippen LogP contribution in [0.25, 0.3) is 5.69 Å². The van der Waals surface area contributed by atoms with Gasteiger partial charge in [-0.3, -0.25) is 14.2 Å². The zero-order valence-electron chi connectivity index (χ0n) is 16.7. The lowest BCUT2D eigenvalue weighted by Gasteiger charge is -2.12. The van der Waals surface area contributed by atoms with Gasteiger partial charge in [0.1, 0.15) is 15.7 Å². The highest BCUT2D eigenvalue weighted by Crippen LogP contribution is 2.39. The van der Waals surface area contributed by atoms with Crippen LogP contribution in [-0.4, -0.2) is 23.4 Å². The second-order valence-corrected chi connectivity index (χ2v) is 9.95. The SMILES string of the molecule is CNC(=O)c1c(NC(=O)c2sc(=S)n(-c3ccc(C)cc3)c2N)sc2c1CCCC2. The van der Waals surface area contributed by atoms with Crippen LogP contribution in [0.5, 0.6) is 0 Å². The third-order valence-corrected chi connectivity index (χ3v) is 7.79. The van der Waals surface area contributed by atoms with Crippen molar-refractivity contribution >= 4 is 57.5 Å². The van der Waals surface area contributed by atoms with Gasteiger partial charge in [0, 0.05) is 17.6 Å². The average Bonchev–Trinajstić information content (AvgIpc) is 3.24. The number of hydrogen-bond acceptors (Lipinski definition) is 6. The van der Waals surface area contributed by atoms with Crippen molar-refractivity contribution in [3.63, 3.8) is 0 Å². The molecule has 1 aromatic carbocycles. The molecule has 0 atom stereocenters. The second-order valence-electron chi connectivity index (χ2n) is 7.20. The highest BCUT2D eigenvalue weighted by molar-refractivity contribution is 7.73. The van der Waals surface area contributed by atoms with Crippen LogP contribution in [0.3, 0.4) is 0 Å². The van der Waals surface area contributed by atoms with Gasteiger partial charge in [0.2, 0.25) is 0 Å². The van der Waals surface area contributed by atoms with Crippen LogP contribution in [0.1, 0.15) is 48.9 Å². The van der Waals surface area contributed by atoms with Crippen molar-refractivity contribution in [3.8, 4) is 5.69 Å². The molecule has 1 aliphatic carbocycles. The van der Waals surface area contributed by atoms with E-state index >= 15 is 0 Å². The fourth-order valence-corrected chi connectivity index (χ4v) is 6.21. The molecule has 2 heterocycles. The van der Waals surface area contributed by atoms with E-state index in [9.17, 15) is 9.59 Å². The van der Waals surface area contributed by atoms with Gasteiger partial charge in [0.15, 0.2) is 3.95 Å². The minimum atomic E-state index is -0.349. The first kappa shape index (κ1) is 20.8. The van der Waals surface area contributed by atoms with Gasteiger partial charge in [-0.25, -0.2) is 0 Å². The van der Waals surface area contributed by atoms with E-state index in [0.717, 1.165) is 42.5 Å². The Kier molecular flexibility index (Phi) is 5.77. The number of benzene rings is 1. The summed E-state index contributed by atoms with van der Waals surface area (Å²) in [7, 11) is 1.60. The Bertz CT molecular complexity index is 1190. The second kappa shape index (κ2) is 8.33. The number of thiazole rings is 1. The number of hydrogen-bond donors (Lipinski definition) is 3. The number of nitrogens with one attached hydrogen (secondary N) is 2. The van der Waals surface area contributed by atoms with Crippen molar-refractivity contribution in [2.45, 2.75) is 32.6 Å². The number of carbonyl (C=O) groups is 2. The number of thiophene rings is 1. The number of nitrogens with zero attached hydrogens (tertiary/aromatic N) is 1. The normalized spacial score (nSPS) is 13.0. The molecule has 0 bridgehead atoms. The van der Waals surface area contributed by atoms with E-state index < -0.39 is 0 Å². The van der Waals surface area contributed by atoms with Crippen molar-refractivity contribution in [2.24, 2.45) is 0 Å². The first-order valence-electron chi connectivity index (χ1n) is 9.67. The summed E-state index contributed by atoms with van der Waals surface area (Å²) < 4.78 is 2.20. The van der Waals surface area contributed by atoms with Gasteiger partial charge in [-0.05, 0) is 62.5 Å². The molecule has 0 fully saturated rings.